The topological polar surface area (TPSA) is 92.9 Å². The summed E-state index contributed by atoms with van der Waals surface area (Å²) in [5.41, 5.74) is 8.32. The molecule has 0 aromatic heterocycles. The van der Waals surface area contributed by atoms with Crippen molar-refractivity contribution in [3.63, 3.8) is 0 Å². The van der Waals surface area contributed by atoms with Crippen LogP contribution in [0.5, 0.6) is 5.75 Å². The number of fused-ring (bicyclic) bond motifs is 2. The molecule has 0 saturated heterocycles. The summed E-state index contributed by atoms with van der Waals surface area (Å²) in [6, 6.07) is 11.7. The molecule has 2 heterocycles. The molecule has 0 radical (unpaired) electrons. The van der Waals surface area contributed by atoms with Gasteiger partial charge in [-0.1, -0.05) is 18.2 Å². The summed E-state index contributed by atoms with van der Waals surface area (Å²) < 4.78 is 33.1. The molecule has 0 saturated carbocycles. The number of carbonyl (C=O) groups is 1. The number of ether oxygens (including phenoxy) is 1. The Balaban J connectivity index is 1.76. The number of nitrogens with zero attached hydrogens (tertiary/aromatic N) is 2. The van der Waals surface area contributed by atoms with E-state index in [-0.39, 0.29) is 17.5 Å². The van der Waals surface area contributed by atoms with Gasteiger partial charge in [-0.05, 0) is 36.2 Å². The quantitative estimate of drug-likeness (QED) is 0.865. The number of rotatable bonds is 2. The van der Waals surface area contributed by atoms with Crippen LogP contribution in [0.4, 0.5) is 10.5 Å². The molecule has 1 atom stereocenters. The van der Waals surface area contributed by atoms with E-state index in [0.29, 0.717) is 30.0 Å². The number of amides is 1. The highest BCUT2D eigenvalue weighted by Crippen LogP contribution is 2.34. The van der Waals surface area contributed by atoms with Crippen LogP contribution in [-0.2, 0) is 23.0 Å². The molecular weight excluding hydrogens is 354 g/mol. The number of para-hydroxylation sites is 1. The molecule has 2 aliphatic heterocycles. The number of sulfonamides is 1. The molecule has 2 aromatic rings. The Hall–Kier alpha value is -2.58. The number of hydrogen-bond acceptors (Lipinski definition) is 5. The molecule has 0 aliphatic carbocycles. The number of nitrogens with two attached hydrogens (primary N) is 1. The third-order valence-electron chi connectivity index (χ3n) is 4.68. The van der Waals surface area contributed by atoms with Crippen molar-refractivity contribution in [2.75, 3.05) is 17.9 Å². The van der Waals surface area contributed by atoms with Gasteiger partial charge in [-0.15, -0.1) is 0 Å². The minimum atomic E-state index is -3.78. The fourth-order valence-electron chi connectivity index (χ4n) is 3.37. The Morgan fingerprint density at radius 3 is 2.73 bits per heavy atom. The normalized spacial score (nSPS) is 19.6. The van der Waals surface area contributed by atoms with E-state index in [9.17, 15) is 13.2 Å². The van der Waals surface area contributed by atoms with Crippen LogP contribution >= 0.6 is 0 Å². The predicted octanol–water partition coefficient (Wildman–Crippen LogP) is 1.71. The summed E-state index contributed by atoms with van der Waals surface area (Å²) in [6.45, 7) is 0.527. The molecule has 1 amide bonds. The Kier molecular flexibility index (Phi) is 3.89. The van der Waals surface area contributed by atoms with Gasteiger partial charge in [0.1, 0.15) is 5.75 Å². The maximum Gasteiger partial charge on any atom is 0.415 e. The lowest BCUT2D eigenvalue weighted by Gasteiger charge is -2.34. The van der Waals surface area contributed by atoms with Gasteiger partial charge < -0.3 is 15.4 Å². The van der Waals surface area contributed by atoms with E-state index in [1.54, 1.807) is 19.2 Å². The average Bonchev–Trinajstić information content (AvgIpc) is 2.61. The highest BCUT2D eigenvalue weighted by molar-refractivity contribution is 7.92. The third-order valence-corrected chi connectivity index (χ3v) is 6.45. The summed E-state index contributed by atoms with van der Waals surface area (Å²) in [7, 11) is -2.17. The van der Waals surface area contributed by atoms with Gasteiger partial charge >= 0.3 is 6.09 Å². The summed E-state index contributed by atoms with van der Waals surface area (Å²) in [6.07, 6.45) is 0.191. The molecule has 2 aliphatic rings. The lowest BCUT2D eigenvalue weighted by atomic mass is 10.0. The fourth-order valence-corrected chi connectivity index (χ4v) is 4.98. The zero-order chi connectivity index (χ0) is 18.5. The van der Waals surface area contributed by atoms with E-state index in [0.717, 1.165) is 5.56 Å². The zero-order valence-corrected chi connectivity index (χ0v) is 15.1. The first-order valence-corrected chi connectivity index (χ1v) is 9.72. The lowest BCUT2D eigenvalue weighted by Crippen LogP contribution is -2.46. The highest BCUT2D eigenvalue weighted by Gasteiger charge is 2.33. The first kappa shape index (κ1) is 16.9. The second-order valence-electron chi connectivity index (χ2n) is 6.62. The van der Waals surface area contributed by atoms with Gasteiger partial charge in [-0.3, -0.25) is 4.31 Å². The van der Waals surface area contributed by atoms with Crippen LogP contribution in [0.1, 0.15) is 11.1 Å². The van der Waals surface area contributed by atoms with Crippen molar-refractivity contribution in [3.8, 4) is 5.75 Å². The van der Waals surface area contributed by atoms with Crippen molar-refractivity contribution >= 4 is 21.8 Å². The van der Waals surface area contributed by atoms with Crippen LogP contribution in [0.3, 0.4) is 0 Å². The molecule has 0 bridgehead atoms. The van der Waals surface area contributed by atoms with E-state index < -0.39 is 16.1 Å². The number of carbonyl (C=O) groups excluding carboxylic acids is 1. The van der Waals surface area contributed by atoms with Crippen molar-refractivity contribution in [1.82, 2.24) is 4.90 Å². The van der Waals surface area contributed by atoms with Crippen molar-refractivity contribution in [1.29, 1.82) is 0 Å². The van der Waals surface area contributed by atoms with Crippen molar-refractivity contribution in [2.45, 2.75) is 23.9 Å². The Morgan fingerprint density at radius 2 is 1.92 bits per heavy atom. The summed E-state index contributed by atoms with van der Waals surface area (Å²) in [5.74, 6) is 0.391. The Labute approximate surface area is 152 Å². The van der Waals surface area contributed by atoms with E-state index in [2.05, 4.69) is 0 Å². The monoisotopic (exact) mass is 373 g/mol. The fraction of sp³-hybridized carbons (Fsp3) is 0.278. The van der Waals surface area contributed by atoms with E-state index in [4.69, 9.17) is 10.5 Å². The molecule has 2 aromatic carbocycles. The molecule has 136 valence electrons. The van der Waals surface area contributed by atoms with Crippen molar-refractivity contribution < 1.29 is 17.9 Å². The second-order valence-corrected chi connectivity index (χ2v) is 8.48. The zero-order valence-electron chi connectivity index (χ0n) is 14.3. The van der Waals surface area contributed by atoms with Crippen LogP contribution in [0.25, 0.3) is 0 Å². The molecular formula is C18H19N3O4S. The van der Waals surface area contributed by atoms with Gasteiger partial charge in [0.2, 0.25) is 0 Å². The average molecular weight is 373 g/mol. The van der Waals surface area contributed by atoms with Crippen LogP contribution in [0.2, 0.25) is 0 Å². The highest BCUT2D eigenvalue weighted by atomic mass is 32.2. The number of benzene rings is 2. The maximum atomic E-state index is 13.3. The van der Waals surface area contributed by atoms with Gasteiger partial charge in [-0.25, -0.2) is 13.2 Å². The molecule has 0 fully saturated rings. The van der Waals surface area contributed by atoms with E-state index >= 15 is 0 Å². The first-order valence-electron chi connectivity index (χ1n) is 8.28. The van der Waals surface area contributed by atoms with E-state index in [1.165, 1.54) is 21.3 Å². The predicted molar refractivity (Wildman–Crippen MR) is 96.6 cm³/mol. The minimum Gasteiger partial charge on any atom is -0.410 e. The Morgan fingerprint density at radius 1 is 1.15 bits per heavy atom. The third kappa shape index (κ3) is 2.71. The van der Waals surface area contributed by atoms with Gasteiger partial charge in [-0.2, -0.15) is 0 Å². The summed E-state index contributed by atoms with van der Waals surface area (Å²) >= 11 is 0. The molecule has 2 N–H and O–H groups in total. The molecule has 8 heteroatoms. The van der Waals surface area contributed by atoms with Crippen LogP contribution in [0.15, 0.2) is 47.4 Å². The number of anilines is 1. The largest absolute Gasteiger partial charge is 0.415 e. The van der Waals surface area contributed by atoms with Gasteiger partial charge in [0.25, 0.3) is 10.0 Å². The molecule has 7 nitrogen and oxygen atoms in total. The van der Waals surface area contributed by atoms with Crippen molar-refractivity contribution in [3.05, 3.63) is 53.6 Å². The van der Waals surface area contributed by atoms with Gasteiger partial charge in [0.15, 0.2) is 0 Å². The van der Waals surface area contributed by atoms with Gasteiger partial charge in [0, 0.05) is 25.2 Å². The van der Waals surface area contributed by atoms with Crippen LogP contribution in [-0.4, -0.2) is 39.0 Å². The molecule has 4 rings (SSSR count). The first-order chi connectivity index (χ1) is 12.4. The minimum absolute atomic E-state index is 0.159. The molecule has 1 unspecified atom stereocenters. The maximum absolute atomic E-state index is 13.3. The summed E-state index contributed by atoms with van der Waals surface area (Å²) in [5, 5.41) is 0. The molecule has 26 heavy (non-hydrogen) atoms. The van der Waals surface area contributed by atoms with Crippen LogP contribution in [0, 0.1) is 0 Å². The molecule has 0 spiro atoms. The SMILES string of the molecule is CN1Cc2cc(S(=O)(=O)N3CC(N)Cc4ccccc43)ccc2OC1=O. The summed E-state index contributed by atoms with van der Waals surface area (Å²) in [4.78, 5) is 13.2. The second kappa shape index (κ2) is 6.00. The smallest absolute Gasteiger partial charge is 0.410 e. The van der Waals surface area contributed by atoms with Gasteiger partial charge in [0.05, 0.1) is 17.1 Å². The Bertz CT molecular complexity index is 990. The van der Waals surface area contributed by atoms with Crippen molar-refractivity contribution in [2.24, 2.45) is 5.73 Å². The lowest BCUT2D eigenvalue weighted by molar-refractivity contribution is 0.150. The van der Waals surface area contributed by atoms with E-state index in [1.807, 2.05) is 18.2 Å². The number of hydrogen-bond donors (Lipinski definition) is 1. The van der Waals surface area contributed by atoms with Crippen LogP contribution < -0.4 is 14.8 Å². The standard InChI is InChI=1S/C18H19N3O4S/c1-20-10-13-9-15(6-7-17(13)25-18(20)22)26(23,24)21-11-14(19)8-12-4-2-3-5-16(12)21/h2-7,9,14H,8,10-11,19H2,1H3.